The molecule has 0 aliphatic carbocycles. The fourth-order valence-electron chi connectivity index (χ4n) is 1.54. The van der Waals surface area contributed by atoms with Gasteiger partial charge in [0.05, 0.1) is 5.02 Å². The molecular formula is C12H10Br2ClNS. The SMILES string of the molecule is NC(Cc1cc(Br)cs1)c1ccc(Cl)c(Br)c1. The van der Waals surface area contributed by atoms with Gasteiger partial charge in [0, 0.05) is 31.7 Å². The van der Waals surface area contributed by atoms with Crippen molar-refractivity contribution in [2.45, 2.75) is 12.5 Å². The first-order chi connectivity index (χ1) is 8.06. The Morgan fingerprint density at radius 2 is 2.06 bits per heavy atom. The Balaban J connectivity index is 2.14. The number of thiophene rings is 1. The highest BCUT2D eigenvalue weighted by atomic mass is 79.9. The van der Waals surface area contributed by atoms with Gasteiger partial charge in [-0.05, 0) is 55.6 Å². The van der Waals surface area contributed by atoms with E-state index in [0.717, 1.165) is 20.9 Å². The molecule has 0 radical (unpaired) electrons. The second-order valence-electron chi connectivity index (χ2n) is 3.72. The first-order valence-corrected chi connectivity index (χ1v) is 7.84. The maximum Gasteiger partial charge on any atom is 0.0548 e. The molecule has 1 aromatic heterocycles. The van der Waals surface area contributed by atoms with Crippen molar-refractivity contribution in [3.63, 3.8) is 0 Å². The molecule has 2 rings (SSSR count). The first-order valence-electron chi connectivity index (χ1n) is 4.99. The number of hydrogen-bond donors (Lipinski definition) is 1. The van der Waals surface area contributed by atoms with Gasteiger partial charge in [-0.15, -0.1) is 11.3 Å². The van der Waals surface area contributed by atoms with Crippen molar-refractivity contribution in [3.8, 4) is 0 Å². The third-order valence-corrected chi connectivity index (χ3v) is 5.35. The molecule has 90 valence electrons. The highest BCUT2D eigenvalue weighted by Gasteiger charge is 2.10. The van der Waals surface area contributed by atoms with Gasteiger partial charge in [0.1, 0.15) is 0 Å². The quantitative estimate of drug-likeness (QED) is 0.762. The fraction of sp³-hybridized carbons (Fsp3) is 0.167. The Labute approximate surface area is 126 Å². The average Bonchev–Trinajstić information content (AvgIpc) is 2.68. The van der Waals surface area contributed by atoms with Crippen LogP contribution in [0.15, 0.2) is 38.6 Å². The first kappa shape index (κ1) is 13.6. The molecule has 0 aliphatic heterocycles. The molecule has 1 unspecified atom stereocenters. The summed E-state index contributed by atoms with van der Waals surface area (Å²) in [5, 5.41) is 2.78. The molecule has 0 aliphatic rings. The van der Waals surface area contributed by atoms with Crippen LogP contribution < -0.4 is 5.73 Å². The zero-order valence-electron chi connectivity index (χ0n) is 8.79. The van der Waals surface area contributed by atoms with E-state index in [9.17, 15) is 0 Å². The number of rotatable bonds is 3. The van der Waals surface area contributed by atoms with Gasteiger partial charge in [-0.2, -0.15) is 0 Å². The van der Waals surface area contributed by atoms with E-state index < -0.39 is 0 Å². The van der Waals surface area contributed by atoms with Crippen molar-refractivity contribution in [2.75, 3.05) is 0 Å². The maximum absolute atomic E-state index is 6.18. The van der Waals surface area contributed by atoms with Gasteiger partial charge in [-0.3, -0.25) is 0 Å². The standard InChI is InChI=1S/C12H10Br2ClNS/c13-8-4-9(17-6-8)5-12(16)7-1-2-11(15)10(14)3-7/h1-4,6,12H,5,16H2. The Morgan fingerprint density at radius 1 is 1.29 bits per heavy atom. The van der Waals surface area contributed by atoms with Crippen LogP contribution in [0, 0.1) is 0 Å². The Hall–Kier alpha value is 0.130. The van der Waals surface area contributed by atoms with Gasteiger partial charge in [0.2, 0.25) is 0 Å². The molecular weight excluding hydrogens is 385 g/mol. The smallest absolute Gasteiger partial charge is 0.0548 e. The zero-order chi connectivity index (χ0) is 12.4. The lowest BCUT2D eigenvalue weighted by Gasteiger charge is -2.11. The zero-order valence-corrected chi connectivity index (χ0v) is 13.5. The monoisotopic (exact) mass is 393 g/mol. The van der Waals surface area contributed by atoms with Crippen LogP contribution >= 0.6 is 54.8 Å². The molecule has 17 heavy (non-hydrogen) atoms. The van der Waals surface area contributed by atoms with Gasteiger partial charge >= 0.3 is 0 Å². The van der Waals surface area contributed by atoms with Gasteiger partial charge < -0.3 is 5.73 Å². The van der Waals surface area contributed by atoms with Crippen LogP contribution in [0.1, 0.15) is 16.5 Å². The topological polar surface area (TPSA) is 26.0 Å². The molecule has 0 saturated heterocycles. The molecule has 1 atom stereocenters. The lowest BCUT2D eigenvalue weighted by atomic mass is 10.0. The molecule has 2 aromatic rings. The van der Waals surface area contributed by atoms with Crippen LogP contribution in [0.25, 0.3) is 0 Å². The van der Waals surface area contributed by atoms with E-state index in [-0.39, 0.29) is 6.04 Å². The number of halogens is 3. The summed E-state index contributed by atoms with van der Waals surface area (Å²) in [6.45, 7) is 0. The van der Waals surface area contributed by atoms with E-state index >= 15 is 0 Å². The van der Waals surface area contributed by atoms with Crippen LogP contribution in [0.5, 0.6) is 0 Å². The molecule has 0 spiro atoms. The molecule has 0 fully saturated rings. The normalized spacial score (nSPS) is 12.7. The van der Waals surface area contributed by atoms with Crippen molar-refractivity contribution in [2.24, 2.45) is 5.73 Å². The Morgan fingerprint density at radius 3 is 2.65 bits per heavy atom. The minimum atomic E-state index is -0.00545. The van der Waals surface area contributed by atoms with Crippen LogP contribution in [-0.4, -0.2) is 0 Å². The maximum atomic E-state index is 6.18. The van der Waals surface area contributed by atoms with Crippen LogP contribution in [0.2, 0.25) is 5.02 Å². The lowest BCUT2D eigenvalue weighted by molar-refractivity contribution is 0.729. The van der Waals surface area contributed by atoms with Crippen LogP contribution in [0.3, 0.4) is 0 Å². The van der Waals surface area contributed by atoms with Crippen molar-refractivity contribution in [3.05, 3.63) is 54.1 Å². The summed E-state index contributed by atoms with van der Waals surface area (Å²) < 4.78 is 2.00. The van der Waals surface area contributed by atoms with E-state index in [1.807, 2.05) is 18.2 Å². The average molecular weight is 396 g/mol. The lowest BCUT2D eigenvalue weighted by Crippen LogP contribution is -2.12. The molecule has 1 aromatic carbocycles. The summed E-state index contributed by atoms with van der Waals surface area (Å²) in [4.78, 5) is 1.27. The highest BCUT2D eigenvalue weighted by Crippen LogP contribution is 2.28. The number of benzene rings is 1. The third kappa shape index (κ3) is 3.55. The molecule has 1 heterocycles. The molecule has 0 amide bonds. The predicted octanol–water partition coefficient (Wildman–Crippen LogP) is 5.17. The Bertz CT molecular complexity index is 527. The van der Waals surface area contributed by atoms with E-state index in [4.69, 9.17) is 17.3 Å². The second kappa shape index (κ2) is 5.85. The highest BCUT2D eigenvalue weighted by molar-refractivity contribution is 9.10. The minimum Gasteiger partial charge on any atom is -0.324 e. The summed E-state index contributed by atoms with van der Waals surface area (Å²) in [7, 11) is 0. The van der Waals surface area contributed by atoms with Crippen molar-refractivity contribution >= 4 is 54.8 Å². The summed E-state index contributed by atoms with van der Waals surface area (Å²) in [6.07, 6.45) is 0.838. The summed E-state index contributed by atoms with van der Waals surface area (Å²) >= 11 is 14.5. The van der Waals surface area contributed by atoms with E-state index in [2.05, 4.69) is 43.3 Å². The third-order valence-electron chi connectivity index (χ3n) is 2.41. The fourth-order valence-corrected chi connectivity index (χ4v) is 3.56. The van der Waals surface area contributed by atoms with Crippen molar-refractivity contribution < 1.29 is 0 Å². The second-order valence-corrected chi connectivity index (χ2v) is 6.89. The van der Waals surface area contributed by atoms with E-state index in [1.165, 1.54) is 4.88 Å². The minimum absolute atomic E-state index is 0.00545. The number of nitrogens with two attached hydrogens (primary N) is 1. The largest absolute Gasteiger partial charge is 0.324 e. The summed E-state index contributed by atoms with van der Waals surface area (Å²) in [5.74, 6) is 0. The molecule has 1 nitrogen and oxygen atoms in total. The van der Waals surface area contributed by atoms with Gasteiger partial charge in [0.25, 0.3) is 0 Å². The van der Waals surface area contributed by atoms with Crippen LogP contribution in [0.4, 0.5) is 0 Å². The Kier molecular flexibility index (Phi) is 4.66. The van der Waals surface area contributed by atoms with E-state index in [0.29, 0.717) is 5.02 Å². The van der Waals surface area contributed by atoms with Crippen molar-refractivity contribution in [1.29, 1.82) is 0 Å². The van der Waals surface area contributed by atoms with Gasteiger partial charge in [-0.1, -0.05) is 17.7 Å². The van der Waals surface area contributed by atoms with Gasteiger partial charge in [0.15, 0.2) is 0 Å². The van der Waals surface area contributed by atoms with Crippen LogP contribution in [-0.2, 0) is 6.42 Å². The predicted molar refractivity (Wildman–Crippen MR) is 81.8 cm³/mol. The van der Waals surface area contributed by atoms with Gasteiger partial charge in [-0.25, -0.2) is 0 Å². The molecule has 5 heteroatoms. The number of hydrogen-bond acceptors (Lipinski definition) is 2. The summed E-state index contributed by atoms with van der Waals surface area (Å²) in [5.41, 5.74) is 7.27. The summed E-state index contributed by atoms with van der Waals surface area (Å²) in [6, 6.07) is 7.92. The molecule has 2 N–H and O–H groups in total. The van der Waals surface area contributed by atoms with Crippen molar-refractivity contribution in [1.82, 2.24) is 0 Å². The molecule has 0 saturated carbocycles. The van der Waals surface area contributed by atoms with E-state index in [1.54, 1.807) is 11.3 Å². The molecule has 0 bridgehead atoms.